The summed E-state index contributed by atoms with van der Waals surface area (Å²) in [5.41, 5.74) is 7.14. The van der Waals surface area contributed by atoms with E-state index in [-0.39, 0.29) is 0 Å². The Bertz CT molecular complexity index is 277. The minimum atomic E-state index is 0.941. The lowest BCUT2D eigenvalue weighted by Gasteiger charge is -2.12. The van der Waals surface area contributed by atoms with Gasteiger partial charge in [-0.3, -0.25) is 0 Å². The van der Waals surface area contributed by atoms with Crippen LogP contribution in [0.3, 0.4) is 0 Å². The minimum Gasteiger partial charge on any atom is -0.335 e. The van der Waals surface area contributed by atoms with E-state index in [4.69, 9.17) is 0 Å². The summed E-state index contributed by atoms with van der Waals surface area (Å²) in [5, 5.41) is 3.31. The third-order valence-corrected chi connectivity index (χ3v) is 2.35. The molecule has 0 unspecified atom stereocenters. The predicted molar refractivity (Wildman–Crippen MR) is 53.5 cm³/mol. The summed E-state index contributed by atoms with van der Waals surface area (Å²) in [6.45, 7) is 4.08. The van der Waals surface area contributed by atoms with Gasteiger partial charge in [-0.2, -0.15) is 0 Å². The number of nitrogens with two attached hydrogens (primary N) is 1. The molecule has 2 rings (SSSR count). The van der Waals surface area contributed by atoms with Crippen LogP contribution in [-0.4, -0.2) is 23.1 Å². The van der Waals surface area contributed by atoms with E-state index in [1.54, 1.807) is 0 Å². The molecule has 0 saturated carbocycles. The van der Waals surface area contributed by atoms with Crippen molar-refractivity contribution in [3.8, 4) is 0 Å². The molecule has 1 aliphatic rings. The van der Waals surface area contributed by atoms with Crippen LogP contribution in [-0.2, 0) is 20.0 Å². The Balaban J connectivity index is 0.000000396. The van der Waals surface area contributed by atoms with Crippen molar-refractivity contribution in [2.24, 2.45) is 12.8 Å². The quantitative estimate of drug-likeness (QED) is 0.591. The molecular formula is C9H18N4. The van der Waals surface area contributed by atoms with Crippen LogP contribution in [0.1, 0.15) is 17.2 Å². The Morgan fingerprint density at radius 2 is 2.15 bits per heavy atom. The predicted octanol–water partition coefficient (Wildman–Crippen LogP) is -0.0509. The smallest absolute Gasteiger partial charge is 0.105 e. The molecule has 3 N–H and O–H groups in total. The zero-order valence-electron chi connectivity index (χ0n) is 8.59. The molecule has 2 heterocycles. The average molecular weight is 182 g/mol. The van der Waals surface area contributed by atoms with Crippen molar-refractivity contribution in [3.05, 3.63) is 17.2 Å². The number of fused-ring (bicyclic) bond motifs is 1. The van der Waals surface area contributed by atoms with Gasteiger partial charge in [0, 0.05) is 32.3 Å². The average Bonchev–Trinajstić information content (AvgIpc) is 2.47. The third-order valence-electron chi connectivity index (χ3n) is 2.35. The molecule has 4 heteroatoms. The fourth-order valence-electron chi connectivity index (χ4n) is 1.59. The van der Waals surface area contributed by atoms with Crippen LogP contribution in [0.25, 0.3) is 0 Å². The molecule has 1 aliphatic heterocycles. The first kappa shape index (κ1) is 10.2. The van der Waals surface area contributed by atoms with Gasteiger partial charge in [0.15, 0.2) is 0 Å². The van der Waals surface area contributed by atoms with Crippen LogP contribution in [0.2, 0.25) is 0 Å². The molecule has 1 aromatic heterocycles. The molecule has 0 aromatic carbocycles. The highest BCUT2D eigenvalue weighted by molar-refractivity contribution is 5.19. The minimum absolute atomic E-state index is 0.941. The van der Waals surface area contributed by atoms with Gasteiger partial charge in [0.2, 0.25) is 0 Å². The van der Waals surface area contributed by atoms with Gasteiger partial charge in [-0.05, 0) is 14.0 Å². The first-order valence-corrected chi connectivity index (χ1v) is 4.58. The van der Waals surface area contributed by atoms with Crippen molar-refractivity contribution in [1.29, 1.82) is 0 Å². The molecule has 0 fully saturated rings. The molecular weight excluding hydrogens is 164 g/mol. The second-order valence-corrected chi connectivity index (χ2v) is 3.04. The van der Waals surface area contributed by atoms with Crippen molar-refractivity contribution in [1.82, 2.24) is 14.9 Å². The Kier molecular flexibility index (Phi) is 3.45. The van der Waals surface area contributed by atoms with Crippen molar-refractivity contribution in [2.75, 3.05) is 13.6 Å². The van der Waals surface area contributed by atoms with Crippen molar-refractivity contribution in [2.45, 2.75) is 19.9 Å². The van der Waals surface area contributed by atoms with E-state index >= 15 is 0 Å². The Labute approximate surface area is 79.1 Å². The van der Waals surface area contributed by atoms with Crippen molar-refractivity contribution < 1.29 is 0 Å². The molecule has 0 atom stereocenters. The summed E-state index contributed by atoms with van der Waals surface area (Å²) < 4.78 is 2.19. The van der Waals surface area contributed by atoms with Crippen LogP contribution < -0.4 is 11.1 Å². The van der Waals surface area contributed by atoms with Crippen LogP contribution in [0, 0.1) is 6.92 Å². The van der Waals surface area contributed by atoms with E-state index in [2.05, 4.69) is 34.6 Å². The maximum Gasteiger partial charge on any atom is 0.105 e. The van der Waals surface area contributed by atoms with E-state index in [0.717, 1.165) is 25.3 Å². The van der Waals surface area contributed by atoms with Crippen LogP contribution >= 0.6 is 0 Å². The lowest BCUT2D eigenvalue weighted by atomic mass is 10.2. The molecule has 1 aromatic rings. The zero-order chi connectivity index (χ0) is 9.84. The van der Waals surface area contributed by atoms with Gasteiger partial charge in [0.25, 0.3) is 0 Å². The third kappa shape index (κ3) is 1.89. The van der Waals surface area contributed by atoms with Gasteiger partial charge in [0.1, 0.15) is 5.82 Å². The second-order valence-electron chi connectivity index (χ2n) is 3.04. The lowest BCUT2D eigenvalue weighted by Crippen LogP contribution is -2.24. The SMILES string of the molecule is CN.Cc1nc2c(n1C)CCNC2. The normalized spacial score (nSPS) is 14.5. The van der Waals surface area contributed by atoms with Gasteiger partial charge in [-0.1, -0.05) is 0 Å². The fraction of sp³-hybridized carbons (Fsp3) is 0.667. The van der Waals surface area contributed by atoms with Gasteiger partial charge in [0.05, 0.1) is 5.69 Å². The Morgan fingerprint density at radius 1 is 1.46 bits per heavy atom. The summed E-state index contributed by atoms with van der Waals surface area (Å²) in [6, 6.07) is 0. The maximum atomic E-state index is 4.50. The van der Waals surface area contributed by atoms with Crippen LogP contribution in [0.15, 0.2) is 0 Å². The summed E-state index contributed by atoms with van der Waals surface area (Å²) in [5.74, 6) is 1.12. The first-order valence-electron chi connectivity index (χ1n) is 4.58. The number of aromatic nitrogens is 2. The number of hydrogen-bond acceptors (Lipinski definition) is 3. The molecule has 4 nitrogen and oxygen atoms in total. The second kappa shape index (κ2) is 4.39. The number of aryl methyl sites for hydroxylation is 1. The number of imidazole rings is 1. The summed E-state index contributed by atoms with van der Waals surface area (Å²) in [4.78, 5) is 4.45. The molecule has 0 bridgehead atoms. The molecule has 0 saturated heterocycles. The van der Waals surface area contributed by atoms with E-state index in [1.165, 1.54) is 18.4 Å². The molecule has 74 valence electrons. The number of nitrogens with one attached hydrogen (secondary N) is 1. The standard InChI is InChI=1S/C8H13N3.CH5N/c1-6-10-7-5-9-4-3-8(7)11(6)2;1-2/h9H,3-5H2,1-2H3;2H2,1H3. The van der Waals surface area contributed by atoms with Gasteiger partial charge >= 0.3 is 0 Å². The van der Waals surface area contributed by atoms with E-state index in [9.17, 15) is 0 Å². The molecule has 0 spiro atoms. The van der Waals surface area contributed by atoms with E-state index in [1.807, 2.05) is 0 Å². The topological polar surface area (TPSA) is 55.9 Å². The molecule has 0 radical (unpaired) electrons. The highest BCUT2D eigenvalue weighted by Gasteiger charge is 2.14. The monoisotopic (exact) mass is 182 g/mol. The van der Waals surface area contributed by atoms with E-state index < -0.39 is 0 Å². The Morgan fingerprint density at radius 3 is 2.77 bits per heavy atom. The highest BCUT2D eigenvalue weighted by Crippen LogP contribution is 2.13. The summed E-state index contributed by atoms with van der Waals surface area (Å²) in [6.07, 6.45) is 1.12. The largest absolute Gasteiger partial charge is 0.335 e. The van der Waals surface area contributed by atoms with Gasteiger partial charge < -0.3 is 15.6 Å². The lowest BCUT2D eigenvalue weighted by molar-refractivity contribution is 0.611. The van der Waals surface area contributed by atoms with E-state index in [0.29, 0.717) is 0 Å². The maximum absolute atomic E-state index is 4.50. The van der Waals surface area contributed by atoms with Crippen LogP contribution in [0.5, 0.6) is 0 Å². The Hall–Kier alpha value is -0.870. The van der Waals surface area contributed by atoms with Gasteiger partial charge in [-0.25, -0.2) is 4.98 Å². The molecule has 0 aliphatic carbocycles. The van der Waals surface area contributed by atoms with Crippen molar-refractivity contribution in [3.63, 3.8) is 0 Å². The molecule has 13 heavy (non-hydrogen) atoms. The summed E-state index contributed by atoms with van der Waals surface area (Å²) in [7, 11) is 3.59. The number of hydrogen-bond donors (Lipinski definition) is 2. The van der Waals surface area contributed by atoms with Crippen LogP contribution in [0.4, 0.5) is 0 Å². The first-order chi connectivity index (χ1) is 6.29. The van der Waals surface area contributed by atoms with Crippen molar-refractivity contribution >= 4 is 0 Å². The summed E-state index contributed by atoms with van der Waals surface area (Å²) >= 11 is 0. The highest BCUT2D eigenvalue weighted by atomic mass is 15.1. The number of rotatable bonds is 0. The van der Waals surface area contributed by atoms with Gasteiger partial charge in [-0.15, -0.1) is 0 Å². The fourth-order valence-corrected chi connectivity index (χ4v) is 1.59. The molecule has 0 amide bonds. The zero-order valence-corrected chi connectivity index (χ0v) is 8.59. The number of nitrogens with zero attached hydrogens (tertiary/aromatic N) is 2.